The van der Waals surface area contributed by atoms with Gasteiger partial charge in [0.2, 0.25) is 10.0 Å². The maximum atomic E-state index is 12.9. The fourth-order valence-corrected chi connectivity index (χ4v) is 5.47. The van der Waals surface area contributed by atoms with Crippen molar-refractivity contribution in [3.8, 4) is 11.1 Å². The Kier molecular flexibility index (Phi) is 6.20. The van der Waals surface area contributed by atoms with Crippen LogP contribution in [0, 0.1) is 5.92 Å². The Labute approximate surface area is 183 Å². The van der Waals surface area contributed by atoms with Crippen LogP contribution in [-0.2, 0) is 10.0 Å². The molecule has 0 saturated carbocycles. The second-order valence-electron chi connectivity index (χ2n) is 8.03. The summed E-state index contributed by atoms with van der Waals surface area (Å²) in [6.45, 7) is 3.19. The van der Waals surface area contributed by atoms with Gasteiger partial charge in [0.25, 0.3) is 5.91 Å². The van der Waals surface area contributed by atoms with Crippen molar-refractivity contribution in [2.75, 3.05) is 18.4 Å². The van der Waals surface area contributed by atoms with Gasteiger partial charge < -0.3 is 5.32 Å². The molecule has 6 heteroatoms. The highest BCUT2D eigenvalue weighted by Gasteiger charge is 2.28. The highest BCUT2D eigenvalue weighted by atomic mass is 32.2. The van der Waals surface area contributed by atoms with E-state index in [1.807, 2.05) is 42.5 Å². The fraction of sp³-hybridized carbons (Fsp3) is 0.240. The van der Waals surface area contributed by atoms with E-state index in [9.17, 15) is 13.2 Å². The molecule has 3 aromatic rings. The predicted molar refractivity (Wildman–Crippen MR) is 123 cm³/mol. The van der Waals surface area contributed by atoms with E-state index in [0.717, 1.165) is 24.0 Å². The van der Waals surface area contributed by atoms with Crippen LogP contribution in [0.25, 0.3) is 11.1 Å². The molecule has 0 radical (unpaired) electrons. The van der Waals surface area contributed by atoms with Crippen LogP contribution in [0.3, 0.4) is 0 Å². The molecule has 31 heavy (non-hydrogen) atoms. The van der Waals surface area contributed by atoms with Crippen molar-refractivity contribution in [1.29, 1.82) is 0 Å². The number of carbonyl (C=O) groups excluding carboxylic acids is 1. The Hall–Kier alpha value is -2.96. The van der Waals surface area contributed by atoms with Crippen LogP contribution >= 0.6 is 0 Å². The number of piperidine rings is 1. The Balaban J connectivity index is 1.43. The first-order valence-corrected chi connectivity index (χ1v) is 11.9. The van der Waals surface area contributed by atoms with Gasteiger partial charge in [-0.05, 0) is 66.3 Å². The number of hydrogen-bond donors (Lipinski definition) is 1. The summed E-state index contributed by atoms with van der Waals surface area (Å²) in [4.78, 5) is 12.8. The van der Waals surface area contributed by atoms with Crippen molar-refractivity contribution in [2.24, 2.45) is 5.92 Å². The number of amides is 1. The van der Waals surface area contributed by atoms with Crippen LogP contribution in [-0.4, -0.2) is 31.7 Å². The maximum absolute atomic E-state index is 12.9. The Morgan fingerprint density at radius 1 is 0.903 bits per heavy atom. The van der Waals surface area contributed by atoms with Gasteiger partial charge in [-0.2, -0.15) is 4.31 Å². The molecule has 1 heterocycles. The highest BCUT2D eigenvalue weighted by molar-refractivity contribution is 7.89. The van der Waals surface area contributed by atoms with E-state index in [1.165, 1.54) is 0 Å². The lowest BCUT2D eigenvalue weighted by Gasteiger charge is -2.30. The molecule has 0 bridgehead atoms. The van der Waals surface area contributed by atoms with Crippen LogP contribution < -0.4 is 5.32 Å². The zero-order chi connectivity index (χ0) is 21.8. The largest absolute Gasteiger partial charge is 0.322 e. The number of benzene rings is 3. The summed E-state index contributed by atoms with van der Waals surface area (Å²) in [7, 11) is -3.50. The van der Waals surface area contributed by atoms with E-state index in [4.69, 9.17) is 0 Å². The molecule has 1 aliphatic rings. The van der Waals surface area contributed by atoms with Crippen molar-refractivity contribution in [3.63, 3.8) is 0 Å². The summed E-state index contributed by atoms with van der Waals surface area (Å²) in [5.74, 6) is 0.135. The molecule has 1 fully saturated rings. The van der Waals surface area contributed by atoms with Gasteiger partial charge in [0.05, 0.1) is 4.90 Å². The van der Waals surface area contributed by atoms with Crippen LogP contribution in [0.4, 0.5) is 5.69 Å². The van der Waals surface area contributed by atoms with Crippen LogP contribution in [0.5, 0.6) is 0 Å². The first kappa shape index (κ1) is 21.3. The number of sulfonamides is 1. The number of hydrogen-bond acceptors (Lipinski definition) is 3. The third-order valence-electron chi connectivity index (χ3n) is 5.62. The van der Waals surface area contributed by atoms with Gasteiger partial charge in [-0.25, -0.2) is 8.42 Å². The summed E-state index contributed by atoms with van der Waals surface area (Å²) in [6, 6.07) is 23.8. The predicted octanol–water partition coefficient (Wildman–Crippen LogP) is 5.03. The molecule has 1 saturated heterocycles. The van der Waals surface area contributed by atoms with Gasteiger partial charge in [0, 0.05) is 24.3 Å². The first-order valence-electron chi connectivity index (χ1n) is 10.5. The Morgan fingerprint density at radius 2 is 1.55 bits per heavy atom. The molecule has 5 nitrogen and oxygen atoms in total. The summed E-state index contributed by atoms with van der Waals surface area (Å²) >= 11 is 0. The molecule has 0 aliphatic carbocycles. The van der Waals surface area contributed by atoms with Gasteiger partial charge in [0.1, 0.15) is 0 Å². The molecular formula is C25H26N2O3S. The summed E-state index contributed by atoms with van der Waals surface area (Å²) in [5.41, 5.74) is 3.23. The average Bonchev–Trinajstić information content (AvgIpc) is 2.80. The number of nitrogens with one attached hydrogen (secondary N) is 1. The number of nitrogens with zero attached hydrogens (tertiary/aromatic N) is 1. The molecule has 0 spiro atoms. The fourth-order valence-electron chi connectivity index (χ4n) is 3.87. The third-order valence-corrected chi connectivity index (χ3v) is 7.50. The molecule has 3 aromatic carbocycles. The van der Waals surface area contributed by atoms with Crippen molar-refractivity contribution >= 4 is 21.6 Å². The van der Waals surface area contributed by atoms with Crippen molar-refractivity contribution < 1.29 is 13.2 Å². The third kappa shape index (κ3) is 4.86. The van der Waals surface area contributed by atoms with E-state index in [1.54, 1.807) is 40.7 Å². The average molecular weight is 435 g/mol. The minimum absolute atomic E-state index is 0.236. The van der Waals surface area contributed by atoms with Crippen LogP contribution in [0.1, 0.15) is 30.1 Å². The monoisotopic (exact) mass is 434 g/mol. The molecule has 0 aromatic heterocycles. The van der Waals surface area contributed by atoms with Crippen LogP contribution in [0.15, 0.2) is 83.8 Å². The maximum Gasteiger partial charge on any atom is 0.255 e. The Morgan fingerprint density at radius 3 is 2.19 bits per heavy atom. The molecule has 1 unspecified atom stereocenters. The van der Waals surface area contributed by atoms with E-state index in [0.29, 0.717) is 30.3 Å². The number of carbonyl (C=O) groups is 1. The van der Waals surface area contributed by atoms with E-state index in [2.05, 4.69) is 12.2 Å². The topological polar surface area (TPSA) is 66.5 Å². The normalized spacial score (nSPS) is 17.3. The Bertz CT molecular complexity index is 1140. The van der Waals surface area contributed by atoms with Crippen molar-refractivity contribution in [3.05, 3.63) is 84.4 Å². The molecule has 160 valence electrons. The summed E-state index contributed by atoms with van der Waals surface area (Å²) in [5, 5.41) is 2.84. The standard InChI is InChI=1S/C25H26N2O3S/c1-19-6-5-17-27(18-19)31(29,30)24-15-13-23(14-16-24)26-25(28)22-11-9-21(10-12-22)20-7-3-2-4-8-20/h2-4,7-16,19H,5-6,17-18H2,1H3,(H,26,28). The summed E-state index contributed by atoms with van der Waals surface area (Å²) in [6.07, 6.45) is 1.95. The summed E-state index contributed by atoms with van der Waals surface area (Å²) < 4.78 is 27.3. The van der Waals surface area contributed by atoms with Crippen molar-refractivity contribution in [2.45, 2.75) is 24.7 Å². The molecular weight excluding hydrogens is 408 g/mol. The number of anilines is 1. The van der Waals surface area contributed by atoms with Gasteiger partial charge in [-0.1, -0.05) is 49.4 Å². The second-order valence-corrected chi connectivity index (χ2v) is 9.97. The minimum atomic E-state index is -3.50. The lowest BCUT2D eigenvalue weighted by molar-refractivity contribution is 0.102. The zero-order valence-electron chi connectivity index (χ0n) is 17.5. The highest BCUT2D eigenvalue weighted by Crippen LogP contribution is 2.25. The van der Waals surface area contributed by atoms with Gasteiger partial charge >= 0.3 is 0 Å². The zero-order valence-corrected chi connectivity index (χ0v) is 18.3. The molecule has 1 amide bonds. The molecule has 1 aliphatic heterocycles. The molecule has 1 N–H and O–H groups in total. The minimum Gasteiger partial charge on any atom is -0.322 e. The smallest absolute Gasteiger partial charge is 0.255 e. The van der Waals surface area contributed by atoms with Crippen LogP contribution in [0.2, 0.25) is 0 Å². The first-order chi connectivity index (χ1) is 14.9. The van der Waals surface area contributed by atoms with E-state index in [-0.39, 0.29) is 10.8 Å². The van der Waals surface area contributed by atoms with Gasteiger partial charge in [-0.15, -0.1) is 0 Å². The SMILES string of the molecule is CC1CCCN(S(=O)(=O)c2ccc(NC(=O)c3ccc(-c4ccccc4)cc3)cc2)C1. The lowest BCUT2D eigenvalue weighted by atomic mass is 10.0. The molecule has 1 atom stereocenters. The van der Waals surface area contributed by atoms with E-state index < -0.39 is 10.0 Å². The molecule has 4 rings (SSSR count). The number of rotatable bonds is 5. The van der Waals surface area contributed by atoms with Gasteiger partial charge in [0.15, 0.2) is 0 Å². The second kappa shape index (κ2) is 9.04. The lowest BCUT2D eigenvalue weighted by Crippen LogP contribution is -2.39. The van der Waals surface area contributed by atoms with Crippen molar-refractivity contribution in [1.82, 2.24) is 4.31 Å². The van der Waals surface area contributed by atoms with Gasteiger partial charge in [-0.3, -0.25) is 4.79 Å². The van der Waals surface area contributed by atoms with E-state index >= 15 is 0 Å². The quantitative estimate of drug-likeness (QED) is 0.613.